The number of hydrogen-bond acceptors (Lipinski definition) is 2. The Balaban J connectivity index is 2.13. The zero-order valence-corrected chi connectivity index (χ0v) is 25.0. The third kappa shape index (κ3) is 6.97. The molecule has 6 heteroatoms. The van der Waals surface area contributed by atoms with Crippen molar-refractivity contribution in [1.29, 1.82) is 0 Å². The first-order valence-corrected chi connectivity index (χ1v) is 18.1. The molecule has 0 radical (unpaired) electrons. The predicted octanol–water partition coefficient (Wildman–Crippen LogP) is 9.02. The predicted molar refractivity (Wildman–Crippen MR) is 158 cm³/mol. The van der Waals surface area contributed by atoms with Crippen molar-refractivity contribution in [3.05, 3.63) is 82.4 Å². The Labute approximate surface area is 227 Å². The highest BCUT2D eigenvalue weighted by Gasteiger charge is 2.50. The van der Waals surface area contributed by atoms with Crippen molar-refractivity contribution in [2.45, 2.75) is 70.8 Å². The summed E-state index contributed by atoms with van der Waals surface area (Å²) in [6.07, 6.45) is 4.22. The molecule has 0 saturated carbocycles. The van der Waals surface area contributed by atoms with Crippen LogP contribution in [0.4, 0.5) is 0 Å². The number of nitrogens with zero attached hydrogens (tertiary/aromatic N) is 1. The first-order chi connectivity index (χ1) is 16.5. The number of carbonyl (C=O) groups is 1. The lowest BCUT2D eigenvalue weighted by molar-refractivity contribution is -0.153. The SMILES string of the molecule is C=CCC1(C)CC(c2cccc(Cl)c2)C(c2ccc(Cl)cc2)N([C@@H](CC)CSC[Si](C)(C)C)C1=O. The molecule has 0 spiro atoms. The summed E-state index contributed by atoms with van der Waals surface area (Å²) >= 11 is 14.7. The molecule has 1 heterocycles. The van der Waals surface area contributed by atoms with E-state index in [-0.39, 0.29) is 23.9 Å². The first kappa shape index (κ1) is 28.4. The van der Waals surface area contributed by atoms with Crippen LogP contribution in [0.1, 0.15) is 56.2 Å². The first-order valence-electron chi connectivity index (χ1n) is 12.5. The summed E-state index contributed by atoms with van der Waals surface area (Å²) in [5.74, 6) is 1.30. The summed E-state index contributed by atoms with van der Waals surface area (Å²) in [5, 5.41) is 2.62. The maximum absolute atomic E-state index is 14.3. The lowest BCUT2D eigenvalue weighted by Crippen LogP contribution is -2.56. The van der Waals surface area contributed by atoms with E-state index in [1.807, 2.05) is 42.1 Å². The van der Waals surface area contributed by atoms with Gasteiger partial charge in [0, 0.05) is 27.8 Å². The van der Waals surface area contributed by atoms with E-state index in [0.29, 0.717) is 11.4 Å². The minimum atomic E-state index is -1.19. The Kier molecular flexibility index (Phi) is 9.64. The van der Waals surface area contributed by atoms with Crippen LogP contribution in [-0.4, -0.2) is 36.1 Å². The highest BCUT2D eigenvalue weighted by atomic mass is 35.5. The third-order valence-corrected chi connectivity index (χ3v) is 12.3. The van der Waals surface area contributed by atoms with E-state index >= 15 is 0 Å². The number of piperidine rings is 1. The number of amides is 1. The Morgan fingerprint density at radius 3 is 2.40 bits per heavy atom. The number of allylic oxidation sites excluding steroid dienone is 1. The van der Waals surface area contributed by atoms with Crippen LogP contribution in [0, 0.1) is 5.41 Å². The third-order valence-electron chi connectivity index (χ3n) is 6.90. The quantitative estimate of drug-likeness (QED) is 0.218. The van der Waals surface area contributed by atoms with Gasteiger partial charge in [-0.2, -0.15) is 11.8 Å². The van der Waals surface area contributed by atoms with Crippen LogP contribution >= 0.6 is 35.0 Å². The number of halogens is 2. The van der Waals surface area contributed by atoms with Crippen molar-refractivity contribution >= 4 is 48.9 Å². The molecule has 3 unspecified atom stereocenters. The zero-order valence-electron chi connectivity index (χ0n) is 21.7. The zero-order chi connectivity index (χ0) is 25.8. The summed E-state index contributed by atoms with van der Waals surface area (Å²) in [5.41, 5.74) is 1.80. The van der Waals surface area contributed by atoms with Crippen LogP contribution < -0.4 is 0 Å². The largest absolute Gasteiger partial charge is 0.331 e. The molecule has 0 bridgehead atoms. The van der Waals surface area contributed by atoms with Gasteiger partial charge in [-0.3, -0.25) is 4.79 Å². The number of thioether (sulfide) groups is 1. The van der Waals surface area contributed by atoms with Gasteiger partial charge in [0.2, 0.25) is 5.91 Å². The summed E-state index contributed by atoms with van der Waals surface area (Å²) in [6.45, 7) is 15.5. The number of carbonyl (C=O) groups excluding carboxylic acids is 1. The van der Waals surface area contributed by atoms with Gasteiger partial charge in [0.15, 0.2) is 0 Å². The summed E-state index contributed by atoms with van der Waals surface area (Å²) < 4.78 is 0. The average molecular weight is 549 g/mol. The molecule has 4 atom stereocenters. The molecule has 0 aliphatic carbocycles. The van der Waals surface area contributed by atoms with Crippen LogP contribution in [0.3, 0.4) is 0 Å². The highest BCUT2D eigenvalue weighted by molar-refractivity contribution is 8.00. The van der Waals surface area contributed by atoms with Gasteiger partial charge in [0.1, 0.15) is 0 Å². The van der Waals surface area contributed by atoms with Gasteiger partial charge in [0.25, 0.3) is 0 Å². The van der Waals surface area contributed by atoms with E-state index in [0.717, 1.165) is 29.2 Å². The van der Waals surface area contributed by atoms with E-state index in [1.165, 1.54) is 10.9 Å². The van der Waals surface area contributed by atoms with Crippen LogP contribution in [-0.2, 0) is 4.79 Å². The molecule has 2 nitrogen and oxygen atoms in total. The van der Waals surface area contributed by atoms with Crippen molar-refractivity contribution in [2.24, 2.45) is 5.41 Å². The number of benzene rings is 2. The van der Waals surface area contributed by atoms with Gasteiger partial charge in [-0.25, -0.2) is 0 Å². The van der Waals surface area contributed by atoms with Crippen molar-refractivity contribution < 1.29 is 4.79 Å². The Morgan fingerprint density at radius 2 is 1.83 bits per heavy atom. The summed E-state index contributed by atoms with van der Waals surface area (Å²) in [4.78, 5) is 16.5. The molecular formula is C29H39Cl2NOSSi. The molecule has 190 valence electrons. The smallest absolute Gasteiger partial charge is 0.229 e. The molecule has 2 aromatic carbocycles. The van der Waals surface area contributed by atoms with Crippen LogP contribution in [0.15, 0.2) is 61.2 Å². The van der Waals surface area contributed by atoms with Crippen molar-refractivity contribution in [3.63, 3.8) is 0 Å². The lowest BCUT2D eigenvalue weighted by Gasteiger charge is -2.52. The Hall–Kier alpha value is -1.20. The van der Waals surface area contributed by atoms with Crippen LogP contribution in [0.2, 0.25) is 29.7 Å². The van der Waals surface area contributed by atoms with E-state index in [2.05, 4.69) is 69.2 Å². The van der Waals surface area contributed by atoms with Crippen molar-refractivity contribution in [1.82, 2.24) is 4.90 Å². The fourth-order valence-electron chi connectivity index (χ4n) is 5.18. The maximum Gasteiger partial charge on any atom is 0.229 e. The van der Waals surface area contributed by atoms with Gasteiger partial charge in [-0.15, -0.1) is 6.58 Å². The van der Waals surface area contributed by atoms with Crippen LogP contribution in [0.25, 0.3) is 0 Å². The fourth-order valence-corrected chi connectivity index (χ4v) is 9.10. The molecular weight excluding hydrogens is 509 g/mol. The summed E-state index contributed by atoms with van der Waals surface area (Å²) in [6, 6.07) is 16.3. The summed E-state index contributed by atoms with van der Waals surface area (Å²) in [7, 11) is -1.19. The van der Waals surface area contributed by atoms with Gasteiger partial charge < -0.3 is 4.90 Å². The van der Waals surface area contributed by atoms with Crippen LogP contribution in [0.5, 0.6) is 0 Å². The normalized spacial score (nSPS) is 23.9. The van der Waals surface area contributed by atoms with Crippen molar-refractivity contribution in [2.75, 3.05) is 11.1 Å². The number of likely N-dealkylation sites (tertiary alicyclic amines) is 1. The van der Waals surface area contributed by atoms with Crippen molar-refractivity contribution in [3.8, 4) is 0 Å². The Bertz CT molecular complexity index is 1020. The lowest BCUT2D eigenvalue weighted by atomic mass is 9.67. The minimum Gasteiger partial charge on any atom is -0.331 e. The van der Waals surface area contributed by atoms with Gasteiger partial charge >= 0.3 is 0 Å². The van der Waals surface area contributed by atoms with Gasteiger partial charge in [-0.1, -0.05) is 87.0 Å². The average Bonchev–Trinajstić information content (AvgIpc) is 2.79. The maximum atomic E-state index is 14.3. The second kappa shape index (κ2) is 11.9. The molecule has 3 rings (SSSR count). The monoisotopic (exact) mass is 547 g/mol. The number of hydrogen-bond donors (Lipinski definition) is 0. The molecule has 1 aliphatic heterocycles. The molecule has 0 aromatic heterocycles. The molecule has 1 fully saturated rings. The molecule has 1 aliphatic rings. The van der Waals surface area contributed by atoms with E-state index < -0.39 is 13.5 Å². The number of rotatable bonds is 10. The Morgan fingerprint density at radius 1 is 1.14 bits per heavy atom. The molecule has 2 aromatic rings. The van der Waals surface area contributed by atoms with Gasteiger partial charge in [-0.05, 0) is 60.0 Å². The molecule has 1 amide bonds. The molecule has 35 heavy (non-hydrogen) atoms. The highest BCUT2D eigenvalue weighted by Crippen LogP contribution is 2.52. The molecule has 1 saturated heterocycles. The van der Waals surface area contributed by atoms with E-state index in [9.17, 15) is 4.79 Å². The second-order valence-corrected chi connectivity index (χ2v) is 19.2. The van der Waals surface area contributed by atoms with E-state index in [1.54, 1.807) is 0 Å². The minimum absolute atomic E-state index is 0.0754. The second-order valence-electron chi connectivity index (χ2n) is 11.3. The van der Waals surface area contributed by atoms with Gasteiger partial charge in [0.05, 0.1) is 19.5 Å². The van der Waals surface area contributed by atoms with E-state index in [4.69, 9.17) is 23.2 Å². The fraction of sp³-hybridized carbons (Fsp3) is 0.483. The standard InChI is InChI=1S/C29H39Cl2NOSSi/c1-7-16-29(3)18-26(22-10-9-11-24(31)17-22)27(21-12-14-23(30)15-13-21)32(28(29)33)25(8-2)19-34-20-35(4,5)6/h7,9-15,17,25-27H,1,8,16,18-20H2,2-6H3/t25-,26?,27?,29?/m0/s1. The molecule has 0 N–H and O–H groups in total. The topological polar surface area (TPSA) is 20.3 Å².